The molecule has 0 aromatic carbocycles. The van der Waals surface area contributed by atoms with E-state index in [4.69, 9.17) is 4.74 Å². The van der Waals surface area contributed by atoms with Crippen LogP contribution in [0.25, 0.3) is 0 Å². The number of rotatable bonds is 8. The molecule has 1 aliphatic carbocycles. The van der Waals surface area contributed by atoms with Gasteiger partial charge < -0.3 is 10.1 Å². The van der Waals surface area contributed by atoms with Crippen LogP contribution in [-0.4, -0.2) is 26.8 Å². The monoisotopic (exact) mass is 255 g/mol. The van der Waals surface area contributed by atoms with Gasteiger partial charge in [-0.15, -0.1) is 0 Å². The fourth-order valence-electron chi connectivity index (χ4n) is 3.42. The van der Waals surface area contributed by atoms with Gasteiger partial charge in [-0.05, 0) is 62.4 Å². The first kappa shape index (κ1) is 16.0. The van der Waals surface area contributed by atoms with E-state index in [-0.39, 0.29) is 0 Å². The predicted molar refractivity (Wildman–Crippen MR) is 78.8 cm³/mol. The second-order valence-corrected chi connectivity index (χ2v) is 6.31. The molecule has 2 heteroatoms. The molecule has 4 atom stereocenters. The van der Waals surface area contributed by atoms with Gasteiger partial charge in [0.2, 0.25) is 0 Å². The molecule has 0 heterocycles. The Kier molecular flexibility index (Phi) is 7.92. The van der Waals surface area contributed by atoms with Crippen molar-refractivity contribution in [3.63, 3.8) is 0 Å². The number of ether oxygens (including phenoxy) is 1. The van der Waals surface area contributed by atoms with E-state index in [2.05, 4.69) is 26.1 Å². The standard InChI is InChI=1S/C16H33NO/c1-5-9-17-12-15-7-6-13(2)11-16(15)14(3)8-10-18-4/h13-17H,5-12H2,1-4H3. The smallest absolute Gasteiger partial charge is 0.0464 e. The van der Waals surface area contributed by atoms with E-state index in [1.807, 2.05) is 7.11 Å². The van der Waals surface area contributed by atoms with E-state index >= 15 is 0 Å². The molecule has 4 unspecified atom stereocenters. The van der Waals surface area contributed by atoms with Gasteiger partial charge in [0.15, 0.2) is 0 Å². The van der Waals surface area contributed by atoms with Gasteiger partial charge >= 0.3 is 0 Å². The molecule has 0 radical (unpaired) electrons. The lowest BCUT2D eigenvalue weighted by Crippen LogP contribution is -2.36. The fraction of sp³-hybridized carbons (Fsp3) is 1.00. The maximum Gasteiger partial charge on any atom is 0.0464 e. The summed E-state index contributed by atoms with van der Waals surface area (Å²) >= 11 is 0. The first-order valence-electron chi connectivity index (χ1n) is 7.88. The number of methoxy groups -OCH3 is 1. The van der Waals surface area contributed by atoms with Gasteiger partial charge in [-0.3, -0.25) is 0 Å². The molecule has 1 aliphatic rings. The third-order valence-electron chi connectivity index (χ3n) is 4.65. The van der Waals surface area contributed by atoms with Gasteiger partial charge in [-0.25, -0.2) is 0 Å². The number of hydrogen-bond acceptors (Lipinski definition) is 2. The molecule has 0 saturated heterocycles. The highest BCUT2D eigenvalue weighted by atomic mass is 16.5. The highest BCUT2D eigenvalue weighted by molar-refractivity contribution is 4.83. The summed E-state index contributed by atoms with van der Waals surface area (Å²) in [6.07, 6.45) is 6.72. The average Bonchev–Trinajstić information content (AvgIpc) is 2.38. The van der Waals surface area contributed by atoms with Crippen LogP contribution in [-0.2, 0) is 4.74 Å². The van der Waals surface area contributed by atoms with Crippen LogP contribution in [0, 0.1) is 23.7 Å². The summed E-state index contributed by atoms with van der Waals surface area (Å²) in [5.74, 6) is 3.51. The maximum atomic E-state index is 5.25. The minimum atomic E-state index is 0.807. The molecule has 0 spiro atoms. The molecule has 0 aliphatic heterocycles. The first-order valence-corrected chi connectivity index (χ1v) is 7.88. The highest BCUT2D eigenvalue weighted by Gasteiger charge is 2.31. The van der Waals surface area contributed by atoms with Crippen molar-refractivity contribution >= 4 is 0 Å². The van der Waals surface area contributed by atoms with E-state index < -0.39 is 0 Å². The molecule has 2 nitrogen and oxygen atoms in total. The summed E-state index contributed by atoms with van der Waals surface area (Å²) < 4.78 is 5.25. The van der Waals surface area contributed by atoms with Crippen molar-refractivity contribution in [2.45, 2.75) is 52.9 Å². The SMILES string of the molecule is CCCNCC1CCC(C)CC1C(C)CCOC. The van der Waals surface area contributed by atoms with Crippen LogP contribution in [0.15, 0.2) is 0 Å². The van der Waals surface area contributed by atoms with Crippen LogP contribution in [0.2, 0.25) is 0 Å². The lowest BCUT2D eigenvalue weighted by Gasteiger charge is -2.39. The Hall–Kier alpha value is -0.0800. The van der Waals surface area contributed by atoms with E-state index in [0.717, 1.165) is 30.3 Å². The Morgan fingerprint density at radius 2 is 2.11 bits per heavy atom. The molecule has 18 heavy (non-hydrogen) atoms. The molecule has 1 rings (SSSR count). The molecule has 0 aromatic heterocycles. The molecule has 1 saturated carbocycles. The Bertz CT molecular complexity index is 207. The quantitative estimate of drug-likeness (QED) is 0.668. The Morgan fingerprint density at radius 3 is 2.78 bits per heavy atom. The van der Waals surface area contributed by atoms with Crippen LogP contribution in [0.5, 0.6) is 0 Å². The molecule has 108 valence electrons. The predicted octanol–water partition coefficient (Wildman–Crippen LogP) is 3.71. The lowest BCUT2D eigenvalue weighted by molar-refractivity contribution is 0.101. The average molecular weight is 255 g/mol. The highest BCUT2D eigenvalue weighted by Crippen LogP contribution is 2.38. The topological polar surface area (TPSA) is 21.3 Å². The third kappa shape index (κ3) is 5.27. The van der Waals surface area contributed by atoms with Crippen molar-refractivity contribution in [1.29, 1.82) is 0 Å². The van der Waals surface area contributed by atoms with Gasteiger partial charge in [0.1, 0.15) is 0 Å². The normalized spacial score (nSPS) is 30.3. The van der Waals surface area contributed by atoms with Crippen LogP contribution >= 0.6 is 0 Å². The second kappa shape index (κ2) is 8.92. The summed E-state index contributed by atoms with van der Waals surface area (Å²) in [6, 6.07) is 0. The molecular weight excluding hydrogens is 222 g/mol. The summed E-state index contributed by atoms with van der Waals surface area (Å²) in [6.45, 7) is 10.4. The van der Waals surface area contributed by atoms with Crippen molar-refractivity contribution in [2.24, 2.45) is 23.7 Å². The summed E-state index contributed by atoms with van der Waals surface area (Å²) in [7, 11) is 1.82. The zero-order valence-corrected chi connectivity index (χ0v) is 12.9. The molecule has 1 N–H and O–H groups in total. The minimum Gasteiger partial charge on any atom is -0.385 e. The Balaban J connectivity index is 2.44. The summed E-state index contributed by atoms with van der Waals surface area (Å²) in [5.41, 5.74) is 0. The van der Waals surface area contributed by atoms with Crippen molar-refractivity contribution in [3.05, 3.63) is 0 Å². The van der Waals surface area contributed by atoms with E-state index in [9.17, 15) is 0 Å². The number of nitrogens with one attached hydrogen (secondary N) is 1. The largest absolute Gasteiger partial charge is 0.385 e. The second-order valence-electron chi connectivity index (χ2n) is 6.31. The van der Waals surface area contributed by atoms with Gasteiger partial charge in [0.25, 0.3) is 0 Å². The van der Waals surface area contributed by atoms with Crippen LogP contribution < -0.4 is 5.32 Å². The Labute approximate surface area is 114 Å². The van der Waals surface area contributed by atoms with Crippen LogP contribution in [0.3, 0.4) is 0 Å². The van der Waals surface area contributed by atoms with Crippen molar-refractivity contribution < 1.29 is 4.74 Å². The van der Waals surface area contributed by atoms with Crippen LogP contribution in [0.1, 0.15) is 52.9 Å². The fourth-order valence-corrected chi connectivity index (χ4v) is 3.42. The van der Waals surface area contributed by atoms with E-state index in [1.165, 1.54) is 45.2 Å². The zero-order valence-electron chi connectivity index (χ0n) is 12.9. The lowest BCUT2D eigenvalue weighted by atomic mass is 9.69. The zero-order chi connectivity index (χ0) is 13.4. The summed E-state index contributed by atoms with van der Waals surface area (Å²) in [5, 5.41) is 3.63. The first-order chi connectivity index (χ1) is 8.69. The number of hydrogen-bond donors (Lipinski definition) is 1. The minimum absolute atomic E-state index is 0.807. The molecule has 0 aromatic rings. The Morgan fingerprint density at radius 1 is 1.33 bits per heavy atom. The molecule has 0 bridgehead atoms. The van der Waals surface area contributed by atoms with Gasteiger partial charge in [-0.2, -0.15) is 0 Å². The van der Waals surface area contributed by atoms with E-state index in [0.29, 0.717) is 0 Å². The van der Waals surface area contributed by atoms with Gasteiger partial charge in [0, 0.05) is 13.7 Å². The van der Waals surface area contributed by atoms with Crippen molar-refractivity contribution in [2.75, 3.05) is 26.8 Å². The molecule has 0 amide bonds. The van der Waals surface area contributed by atoms with Crippen LogP contribution in [0.4, 0.5) is 0 Å². The summed E-state index contributed by atoms with van der Waals surface area (Å²) in [4.78, 5) is 0. The van der Waals surface area contributed by atoms with Crippen molar-refractivity contribution in [1.82, 2.24) is 5.32 Å². The van der Waals surface area contributed by atoms with E-state index in [1.54, 1.807) is 0 Å². The third-order valence-corrected chi connectivity index (χ3v) is 4.65. The van der Waals surface area contributed by atoms with Gasteiger partial charge in [-0.1, -0.05) is 27.2 Å². The van der Waals surface area contributed by atoms with Gasteiger partial charge in [0.05, 0.1) is 0 Å². The molecule has 1 fully saturated rings. The van der Waals surface area contributed by atoms with Crippen molar-refractivity contribution in [3.8, 4) is 0 Å². The molecular formula is C16H33NO. The maximum absolute atomic E-state index is 5.25.